The van der Waals surface area contributed by atoms with Crippen LogP contribution in [0.1, 0.15) is 46.2 Å². The van der Waals surface area contributed by atoms with Crippen molar-refractivity contribution in [2.45, 2.75) is 50.0 Å². The van der Waals surface area contributed by atoms with Crippen molar-refractivity contribution in [3.05, 3.63) is 12.7 Å². The molecule has 1 atom stereocenters. The summed E-state index contributed by atoms with van der Waals surface area (Å²) in [5.74, 6) is 0.523. The molecule has 0 aliphatic carbocycles. The number of hydrogen-bond acceptors (Lipinski definition) is 5. The maximum absolute atomic E-state index is 12.5. The maximum Gasteiger partial charge on any atom is 0.229 e. The molecule has 0 aromatic carbocycles. The SMILES string of the molecule is CC(C)(C)C(=O)NC(n1cnc2c(N3CCCCC3)ncnc21)C(Cl)(Cl)Cl. The second-order valence-corrected chi connectivity index (χ2v) is 10.1. The van der Waals surface area contributed by atoms with Crippen molar-refractivity contribution in [2.75, 3.05) is 18.0 Å². The first-order chi connectivity index (χ1) is 12.6. The molecule has 3 rings (SSSR count). The monoisotopic (exact) mass is 432 g/mol. The number of nitrogens with one attached hydrogen (secondary N) is 1. The highest BCUT2D eigenvalue weighted by atomic mass is 35.6. The number of carbonyl (C=O) groups excluding carboxylic acids is 1. The van der Waals surface area contributed by atoms with Crippen LogP contribution >= 0.6 is 34.8 Å². The highest BCUT2D eigenvalue weighted by Crippen LogP contribution is 2.39. The molecule has 0 bridgehead atoms. The Morgan fingerprint density at radius 2 is 1.78 bits per heavy atom. The number of hydrogen-bond donors (Lipinski definition) is 1. The van der Waals surface area contributed by atoms with E-state index in [0.29, 0.717) is 11.2 Å². The molecule has 1 fully saturated rings. The molecule has 27 heavy (non-hydrogen) atoms. The minimum atomic E-state index is -1.79. The minimum Gasteiger partial charge on any atom is -0.355 e. The molecule has 1 aliphatic rings. The van der Waals surface area contributed by atoms with Gasteiger partial charge < -0.3 is 10.2 Å². The van der Waals surface area contributed by atoms with Gasteiger partial charge in [0, 0.05) is 18.5 Å². The number of aromatic nitrogens is 4. The Kier molecular flexibility index (Phi) is 5.75. The molecule has 1 unspecified atom stereocenters. The number of amides is 1. The molecule has 0 saturated carbocycles. The van der Waals surface area contributed by atoms with E-state index in [2.05, 4.69) is 25.2 Å². The van der Waals surface area contributed by atoms with Gasteiger partial charge in [0.2, 0.25) is 9.70 Å². The molecule has 0 radical (unpaired) electrons. The van der Waals surface area contributed by atoms with E-state index < -0.39 is 15.4 Å². The van der Waals surface area contributed by atoms with Crippen LogP contribution < -0.4 is 10.2 Å². The summed E-state index contributed by atoms with van der Waals surface area (Å²) >= 11 is 18.6. The fraction of sp³-hybridized carbons (Fsp3) is 0.647. The van der Waals surface area contributed by atoms with Gasteiger partial charge in [0.25, 0.3) is 0 Å². The fourth-order valence-electron chi connectivity index (χ4n) is 3.02. The summed E-state index contributed by atoms with van der Waals surface area (Å²) in [6.45, 7) is 7.22. The van der Waals surface area contributed by atoms with E-state index in [-0.39, 0.29) is 5.91 Å². The van der Waals surface area contributed by atoms with Crippen LogP contribution in [0.2, 0.25) is 0 Å². The Balaban J connectivity index is 2.02. The first-order valence-electron chi connectivity index (χ1n) is 8.89. The molecule has 7 nitrogen and oxygen atoms in total. The Labute approximate surface area is 173 Å². The summed E-state index contributed by atoms with van der Waals surface area (Å²) in [4.78, 5) is 27.9. The lowest BCUT2D eigenvalue weighted by Gasteiger charge is -2.30. The lowest BCUT2D eigenvalue weighted by Crippen LogP contribution is -2.44. The fourth-order valence-corrected chi connectivity index (χ4v) is 3.49. The average molecular weight is 434 g/mol. The van der Waals surface area contributed by atoms with E-state index in [9.17, 15) is 4.79 Å². The molecule has 1 saturated heterocycles. The van der Waals surface area contributed by atoms with Crippen molar-refractivity contribution < 1.29 is 4.79 Å². The van der Waals surface area contributed by atoms with Crippen LogP contribution in [0.15, 0.2) is 12.7 Å². The van der Waals surface area contributed by atoms with Crippen LogP contribution in [0, 0.1) is 5.41 Å². The average Bonchev–Trinajstić information content (AvgIpc) is 3.02. The highest BCUT2D eigenvalue weighted by molar-refractivity contribution is 6.68. The standard InChI is InChI=1S/C17H23Cl3N6O/c1-16(2,3)15(27)24-14(17(18,19)20)26-10-23-11-12(21-9-22-13(11)26)25-7-5-4-6-8-25/h9-10,14H,4-8H2,1-3H3,(H,24,27). The normalized spacial score (nSPS) is 17.2. The third-order valence-corrected chi connectivity index (χ3v) is 5.15. The van der Waals surface area contributed by atoms with Crippen molar-refractivity contribution in [1.29, 1.82) is 0 Å². The van der Waals surface area contributed by atoms with Crippen LogP contribution in [0.25, 0.3) is 11.2 Å². The second kappa shape index (κ2) is 7.60. The first-order valence-corrected chi connectivity index (χ1v) is 10.0. The van der Waals surface area contributed by atoms with Crippen molar-refractivity contribution in [3.63, 3.8) is 0 Å². The highest BCUT2D eigenvalue weighted by Gasteiger charge is 2.39. The van der Waals surface area contributed by atoms with E-state index in [4.69, 9.17) is 34.8 Å². The largest absolute Gasteiger partial charge is 0.355 e. The zero-order valence-electron chi connectivity index (χ0n) is 15.5. The number of anilines is 1. The van der Waals surface area contributed by atoms with Crippen LogP contribution in [0.4, 0.5) is 5.82 Å². The van der Waals surface area contributed by atoms with Gasteiger partial charge in [-0.15, -0.1) is 0 Å². The topological polar surface area (TPSA) is 75.9 Å². The lowest BCUT2D eigenvalue weighted by molar-refractivity contribution is -0.129. The van der Waals surface area contributed by atoms with E-state index in [1.54, 1.807) is 25.3 Å². The quantitative estimate of drug-likeness (QED) is 0.744. The number of piperidine rings is 1. The number of alkyl halides is 3. The molecule has 0 spiro atoms. The predicted molar refractivity (Wildman–Crippen MR) is 108 cm³/mol. The Morgan fingerprint density at radius 3 is 2.37 bits per heavy atom. The zero-order valence-corrected chi connectivity index (χ0v) is 17.8. The summed E-state index contributed by atoms with van der Waals surface area (Å²) in [5, 5.41) is 2.80. The number of carbonyl (C=O) groups is 1. The van der Waals surface area contributed by atoms with Gasteiger partial charge in [-0.25, -0.2) is 15.0 Å². The van der Waals surface area contributed by atoms with Gasteiger partial charge in [-0.3, -0.25) is 9.36 Å². The molecule has 1 amide bonds. The molecule has 3 heterocycles. The van der Waals surface area contributed by atoms with Crippen LogP contribution in [-0.4, -0.2) is 42.3 Å². The smallest absolute Gasteiger partial charge is 0.229 e. The molecular formula is C17H23Cl3N6O. The summed E-state index contributed by atoms with van der Waals surface area (Å²) in [5.41, 5.74) is 0.498. The second-order valence-electron chi connectivity index (χ2n) is 7.74. The van der Waals surface area contributed by atoms with Crippen molar-refractivity contribution in [3.8, 4) is 0 Å². The maximum atomic E-state index is 12.5. The summed E-state index contributed by atoms with van der Waals surface area (Å²) in [7, 11) is 0. The van der Waals surface area contributed by atoms with Crippen LogP contribution in [-0.2, 0) is 4.79 Å². The van der Waals surface area contributed by atoms with Gasteiger partial charge in [0.1, 0.15) is 6.33 Å². The van der Waals surface area contributed by atoms with E-state index in [1.165, 1.54) is 19.1 Å². The van der Waals surface area contributed by atoms with Gasteiger partial charge in [-0.05, 0) is 19.3 Å². The first kappa shape index (κ1) is 20.4. The van der Waals surface area contributed by atoms with Crippen LogP contribution in [0.3, 0.4) is 0 Å². The summed E-state index contributed by atoms with van der Waals surface area (Å²) < 4.78 is -0.203. The number of fused-ring (bicyclic) bond motifs is 1. The van der Waals surface area contributed by atoms with E-state index in [0.717, 1.165) is 31.7 Å². The Hall–Kier alpha value is -1.31. The third-order valence-electron chi connectivity index (χ3n) is 4.53. The third kappa shape index (κ3) is 4.41. The zero-order chi connectivity index (χ0) is 19.8. The molecule has 148 valence electrons. The number of rotatable bonds is 3. The van der Waals surface area contributed by atoms with Gasteiger partial charge in [0.15, 0.2) is 23.1 Å². The molecule has 10 heteroatoms. The van der Waals surface area contributed by atoms with E-state index >= 15 is 0 Å². The van der Waals surface area contributed by atoms with Gasteiger partial charge in [-0.1, -0.05) is 55.6 Å². The minimum absolute atomic E-state index is 0.244. The van der Waals surface area contributed by atoms with Crippen molar-refractivity contribution in [2.24, 2.45) is 5.41 Å². The Bertz CT molecular complexity index is 820. The summed E-state index contributed by atoms with van der Waals surface area (Å²) in [6, 6.07) is 0. The predicted octanol–water partition coefficient (Wildman–Crippen LogP) is 3.85. The van der Waals surface area contributed by atoms with E-state index in [1.807, 2.05) is 0 Å². The van der Waals surface area contributed by atoms with Gasteiger partial charge >= 0.3 is 0 Å². The Morgan fingerprint density at radius 1 is 1.11 bits per heavy atom. The molecule has 2 aromatic rings. The molecule has 1 N–H and O–H groups in total. The number of halogens is 3. The lowest BCUT2D eigenvalue weighted by atomic mass is 9.95. The van der Waals surface area contributed by atoms with Crippen molar-refractivity contribution >= 4 is 57.7 Å². The molecule has 2 aromatic heterocycles. The number of imidazole rings is 1. The molecular weight excluding hydrogens is 411 g/mol. The van der Waals surface area contributed by atoms with Crippen LogP contribution in [0.5, 0.6) is 0 Å². The van der Waals surface area contributed by atoms with Gasteiger partial charge in [-0.2, -0.15) is 0 Å². The molecule has 1 aliphatic heterocycles. The number of nitrogens with zero attached hydrogens (tertiary/aromatic N) is 5. The van der Waals surface area contributed by atoms with Crippen molar-refractivity contribution in [1.82, 2.24) is 24.8 Å². The van der Waals surface area contributed by atoms with Gasteiger partial charge in [0.05, 0.1) is 6.33 Å². The summed E-state index contributed by atoms with van der Waals surface area (Å²) in [6.07, 6.45) is 5.50.